The van der Waals surface area contributed by atoms with Crippen molar-refractivity contribution in [3.05, 3.63) is 51.4 Å². The number of carbonyl (C=O) groups is 1. The second kappa shape index (κ2) is 4.46. The summed E-state index contributed by atoms with van der Waals surface area (Å²) in [6, 6.07) is 4.47. The third-order valence-corrected chi connectivity index (χ3v) is 2.55. The monoisotopic (exact) mass is 267 g/mol. The van der Waals surface area contributed by atoms with E-state index >= 15 is 0 Å². The number of halogens is 1. The molecule has 18 heavy (non-hydrogen) atoms. The van der Waals surface area contributed by atoms with Crippen molar-refractivity contribution in [1.82, 2.24) is 9.55 Å². The van der Waals surface area contributed by atoms with Gasteiger partial charge in [0.05, 0.1) is 10.7 Å². The Morgan fingerprint density at radius 2 is 2.22 bits per heavy atom. The molecule has 0 bridgehead atoms. The number of carboxylic acid groups (broad SMARTS) is 1. The maximum absolute atomic E-state index is 11.1. The number of aromatic carboxylic acids is 1. The van der Waals surface area contributed by atoms with Gasteiger partial charge in [0.2, 0.25) is 6.33 Å². The van der Waals surface area contributed by atoms with Gasteiger partial charge in [0.1, 0.15) is 11.8 Å². The van der Waals surface area contributed by atoms with E-state index in [1.807, 2.05) is 0 Å². The number of nitrogens with zero attached hydrogens (tertiary/aromatic N) is 3. The smallest absolute Gasteiger partial charge is 0.381 e. The third-order valence-electron chi connectivity index (χ3n) is 2.24. The normalized spacial score (nSPS) is 10.3. The summed E-state index contributed by atoms with van der Waals surface area (Å²) < 4.78 is 1.24. The van der Waals surface area contributed by atoms with Gasteiger partial charge in [-0.3, -0.25) is 4.57 Å². The van der Waals surface area contributed by atoms with E-state index in [1.165, 1.54) is 16.7 Å². The summed E-state index contributed by atoms with van der Waals surface area (Å²) in [6.07, 6.45) is 2.29. The minimum Gasteiger partial charge on any atom is -0.478 e. The summed E-state index contributed by atoms with van der Waals surface area (Å²) in [5.74, 6) is -1.58. The fraction of sp³-hybridized carbons (Fsp3) is 0. The predicted octanol–water partition coefficient (Wildman–Crippen LogP) is 2.13. The van der Waals surface area contributed by atoms with Gasteiger partial charge in [-0.1, -0.05) is 17.7 Å². The zero-order valence-corrected chi connectivity index (χ0v) is 9.53. The molecule has 0 fully saturated rings. The predicted molar refractivity (Wildman–Crippen MR) is 62.2 cm³/mol. The number of rotatable bonds is 3. The Balaban J connectivity index is 2.59. The molecule has 1 aromatic heterocycles. The SMILES string of the molecule is O=C(O)c1c(Cl)cccc1-n1cnc([N+](=O)[O-])c1. The van der Waals surface area contributed by atoms with Gasteiger partial charge in [0, 0.05) is 0 Å². The Labute approximate surface area is 105 Å². The van der Waals surface area contributed by atoms with Crippen LogP contribution in [-0.2, 0) is 0 Å². The highest BCUT2D eigenvalue weighted by atomic mass is 35.5. The van der Waals surface area contributed by atoms with E-state index in [2.05, 4.69) is 4.98 Å². The Morgan fingerprint density at radius 1 is 1.50 bits per heavy atom. The molecular formula is C10H6ClN3O4. The summed E-state index contributed by atoms with van der Waals surface area (Å²) in [5.41, 5.74) is 0.0852. The van der Waals surface area contributed by atoms with Gasteiger partial charge in [-0.25, -0.2) is 4.79 Å². The molecular weight excluding hydrogens is 262 g/mol. The van der Waals surface area contributed by atoms with Crippen LogP contribution < -0.4 is 0 Å². The molecule has 92 valence electrons. The number of nitro groups is 1. The average molecular weight is 268 g/mol. The summed E-state index contributed by atoms with van der Waals surface area (Å²) in [6.45, 7) is 0. The van der Waals surface area contributed by atoms with Crippen molar-refractivity contribution < 1.29 is 14.8 Å². The second-order valence-corrected chi connectivity index (χ2v) is 3.74. The van der Waals surface area contributed by atoms with Crippen LogP contribution >= 0.6 is 11.6 Å². The second-order valence-electron chi connectivity index (χ2n) is 3.34. The van der Waals surface area contributed by atoms with Crippen molar-refractivity contribution in [1.29, 1.82) is 0 Å². The molecule has 7 nitrogen and oxygen atoms in total. The average Bonchev–Trinajstić information content (AvgIpc) is 2.77. The number of hydrogen-bond donors (Lipinski definition) is 1. The van der Waals surface area contributed by atoms with Crippen molar-refractivity contribution in [2.45, 2.75) is 0 Å². The van der Waals surface area contributed by atoms with Crippen LogP contribution in [0.5, 0.6) is 0 Å². The van der Waals surface area contributed by atoms with E-state index in [9.17, 15) is 14.9 Å². The molecule has 1 heterocycles. The minimum atomic E-state index is -1.22. The summed E-state index contributed by atoms with van der Waals surface area (Å²) in [4.78, 5) is 24.5. The fourth-order valence-corrected chi connectivity index (χ4v) is 1.73. The van der Waals surface area contributed by atoms with Crippen molar-refractivity contribution in [2.24, 2.45) is 0 Å². The van der Waals surface area contributed by atoms with Crippen LogP contribution in [0.15, 0.2) is 30.7 Å². The third kappa shape index (κ3) is 2.03. The van der Waals surface area contributed by atoms with Gasteiger partial charge in [-0.05, 0) is 22.0 Å². The highest BCUT2D eigenvalue weighted by Crippen LogP contribution is 2.24. The Morgan fingerprint density at radius 3 is 2.78 bits per heavy atom. The van der Waals surface area contributed by atoms with Crippen LogP contribution in [0.1, 0.15) is 10.4 Å². The van der Waals surface area contributed by atoms with Gasteiger partial charge in [0.15, 0.2) is 0 Å². The van der Waals surface area contributed by atoms with Gasteiger partial charge in [-0.2, -0.15) is 0 Å². The standard InChI is InChI=1S/C10H6ClN3O4/c11-6-2-1-3-7(9(6)10(15)16)13-4-8(12-5-13)14(17)18/h1-5H,(H,15,16). The summed E-state index contributed by atoms with van der Waals surface area (Å²) in [7, 11) is 0. The molecule has 0 saturated heterocycles. The minimum absolute atomic E-state index is 0.0522. The van der Waals surface area contributed by atoms with E-state index in [0.29, 0.717) is 0 Å². The molecule has 0 unspecified atom stereocenters. The highest BCUT2D eigenvalue weighted by Gasteiger charge is 2.18. The molecule has 2 aromatic rings. The van der Waals surface area contributed by atoms with Crippen molar-refractivity contribution in [3.63, 3.8) is 0 Å². The van der Waals surface area contributed by atoms with E-state index in [1.54, 1.807) is 6.07 Å². The van der Waals surface area contributed by atoms with Gasteiger partial charge in [-0.15, -0.1) is 0 Å². The Bertz CT molecular complexity index is 638. The summed E-state index contributed by atoms with van der Waals surface area (Å²) in [5, 5.41) is 19.6. The molecule has 0 spiro atoms. The van der Waals surface area contributed by atoms with Crippen LogP contribution in [0, 0.1) is 10.1 Å². The lowest BCUT2D eigenvalue weighted by Crippen LogP contribution is -2.05. The molecule has 0 aliphatic rings. The maximum atomic E-state index is 11.1. The Kier molecular flexibility index (Phi) is 2.99. The molecule has 0 atom stereocenters. The maximum Gasteiger partial charge on any atom is 0.381 e. The molecule has 1 aromatic carbocycles. The van der Waals surface area contributed by atoms with E-state index in [0.717, 1.165) is 12.5 Å². The molecule has 2 rings (SSSR count). The lowest BCUT2D eigenvalue weighted by Gasteiger charge is -2.06. The molecule has 0 aliphatic heterocycles. The Hall–Kier alpha value is -2.41. The van der Waals surface area contributed by atoms with Crippen LogP contribution in [0.3, 0.4) is 0 Å². The summed E-state index contributed by atoms with van der Waals surface area (Å²) >= 11 is 5.80. The van der Waals surface area contributed by atoms with E-state index in [4.69, 9.17) is 16.7 Å². The first-order chi connectivity index (χ1) is 8.50. The highest BCUT2D eigenvalue weighted by molar-refractivity contribution is 6.34. The van der Waals surface area contributed by atoms with Gasteiger partial charge < -0.3 is 15.2 Å². The van der Waals surface area contributed by atoms with Crippen molar-refractivity contribution in [3.8, 4) is 5.69 Å². The first-order valence-corrected chi connectivity index (χ1v) is 5.09. The van der Waals surface area contributed by atoms with Gasteiger partial charge >= 0.3 is 11.8 Å². The number of aromatic nitrogens is 2. The molecule has 0 aliphatic carbocycles. The van der Waals surface area contributed by atoms with Crippen LogP contribution in [0.4, 0.5) is 5.82 Å². The zero-order chi connectivity index (χ0) is 13.3. The van der Waals surface area contributed by atoms with E-state index < -0.39 is 10.9 Å². The van der Waals surface area contributed by atoms with Crippen LogP contribution in [-0.4, -0.2) is 25.6 Å². The molecule has 0 saturated carbocycles. The molecule has 8 heteroatoms. The van der Waals surface area contributed by atoms with Gasteiger partial charge in [0.25, 0.3) is 0 Å². The number of imidazole rings is 1. The molecule has 0 radical (unpaired) electrons. The first-order valence-electron chi connectivity index (χ1n) is 4.71. The fourth-order valence-electron chi connectivity index (χ4n) is 1.48. The zero-order valence-electron chi connectivity index (χ0n) is 8.78. The molecule has 0 amide bonds. The van der Waals surface area contributed by atoms with Crippen molar-refractivity contribution in [2.75, 3.05) is 0 Å². The van der Waals surface area contributed by atoms with Crippen LogP contribution in [0.2, 0.25) is 5.02 Å². The quantitative estimate of drug-likeness (QED) is 0.678. The van der Waals surface area contributed by atoms with Crippen molar-refractivity contribution >= 4 is 23.4 Å². The molecule has 1 N–H and O–H groups in total. The van der Waals surface area contributed by atoms with E-state index in [-0.39, 0.29) is 22.1 Å². The lowest BCUT2D eigenvalue weighted by atomic mass is 10.2. The first kappa shape index (κ1) is 12.1. The lowest BCUT2D eigenvalue weighted by molar-refractivity contribution is -0.389. The number of benzene rings is 1. The van der Waals surface area contributed by atoms with Crippen LogP contribution in [0.25, 0.3) is 5.69 Å². The largest absolute Gasteiger partial charge is 0.478 e. The topological polar surface area (TPSA) is 98.3 Å². The number of carboxylic acids is 1. The number of hydrogen-bond acceptors (Lipinski definition) is 4.